The third kappa shape index (κ3) is 3.70. The van der Waals surface area contributed by atoms with Gasteiger partial charge in [-0.1, -0.05) is 28.1 Å². The molecule has 1 amide bonds. The molecule has 0 radical (unpaired) electrons. The Morgan fingerprint density at radius 1 is 1.40 bits per heavy atom. The monoisotopic (exact) mass is 335 g/mol. The van der Waals surface area contributed by atoms with Crippen LogP contribution < -0.4 is 5.32 Å². The number of aryl methyl sites for hydroxylation is 2. The summed E-state index contributed by atoms with van der Waals surface area (Å²) in [5, 5.41) is 7.19. The van der Waals surface area contributed by atoms with E-state index in [1.54, 1.807) is 17.8 Å². The van der Waals surface area contributed by atoms with Gasteiger partial charge in [0, 0.05) is 17.6 Å². The molecule has 2 rings (SSSR count). The molecule has 0 saturated carbocycles. The maximum atomic E-state index is 12.2. The zero-order valence-electron chi connectivity index (χ0n) is 11.9. The maximum Gasteiger partial charge on any atom is 0.269 e. The maximum absolute atomic E-state index is 12.2. The Balaban J connectivity index is 1.97. The molecule has 106 valence electrons. The number of halogens is 1. The second kappa shape index (κ2) is 6.22. The van der Waals surface area contributed by atoms with Gasteiger partial charge >= 0.3 is 0 Å². The summed E-state index contributed by atoms with van der Waals surface area (Å²) >= 11 is 3.41. The predicted molar refractivity (Wildman–Crippen MR) is 82.7 cm³/mol. The lowest BCUT2D eigenvalue weighted by atomic mass is 10.1. The lowest BCUT2D eigenvalue weighted by Gasteiger charge is -2.14. The molecule has 1 aromatic heterocycles. The molecule has 0 fully saturated rings. The Morgan fingerprint density at radius 3 is 2.60 bits per heavy atom. The molecule has 20 heavy (non-hydrogen) atoms. The Hall–Kier alpha value is -1.62. The summed E-state index contributed by atoms with van der Waals surface area (Å²) in [7, 11) is 1.78. The van der Waals surface area contributed by atoms with Gasteiger partial charge in [0.2, 0.25) is 0 Å². The molecule has 0 saturated heterocycles. The van der Waals surface area contributed by atoms with Crippen molar-refractivity contribution in [1.82, 2.24) is 15.1 Å². The topological polar surface area (TPSA) is 46.9 Å². The standard InChI is InChI=1S/C15H18BrN3O/c1-10(8-12-4-6-13(16)7-5-12)17-15(20)14-9-11(2)18-19(14)3/h4-7,9-10H,8H2,1-3H3,(H,17,20)/t10-/m0/s1. The van der Waals surface area contributed by atoms with Gasteiger partial charge in [0.1, 0.15) is 5.69 Å². The molecule has 4 nitrogen and oxygen atoms in total. The number of aromatic nitrogens is 2. The van der Waals surface area contributed by atoms with Crippen molar-refractivity contribution >= 4 is 21.8 Å². The number of benzene rings is 1. The number of nitrogens with one attached hydrogen (secondary N) is 1. The number of nitrogens with zero attached hydrogens (tertiary/aromatic N) is 2. The molecule has 1 heterocycles. The molecule has 1 aromatic carbocycles. The van der Waals surface area contributed by atoms with Gasteiger partial charge in [-0.05, 0) is 44.0 Å². The van der Waals surface area contributed by atoms with E-state index in [2.05, 4.69) is 38.5 Å². The summed E-state index contributed by atoms with van der Waals surface area (Å²) in [6, 6.07) is 9.99. The number of hydrogen-bond donors (Lipinski definition) is 1. The van der Waals surface area contributed by atoms with Crippen LogP contribution in [0.1, 0.15) is 28.7 Å². The van der Waals surface area contributed by atoms with Crippen LogP contribution in [-0.2, 0) is 13.5 Å². The molecule has 0 aliphatic heterocycles. The summed E-state index contributed by atoms with van der Waals surface area (Å²) in [5.41, 5.74) is 2.63. The second-order valence-corrected chi connectivity index (χ2v) is 5.92. The lowest BCUT2D eigenvalue weighted by molar-refractivity contribution is 0.0930. The van der Waals surface area contributed by atoms with Crippen LogP contribution in [-0.4, -0.2) is 21.7 Å². The summed E-state index contributed by atoms with van der Waals surface area (Å²) in [5.74, 6) is -0.0855. The first-order valence-corrected chi connectivity index (χ1v) is 7.31. The Bertz CT molecular complexity index is 604. The van der Waals surface area contributed by atoms with Crippen LogP contribution in [0.15, 0.2) is 34.8 Å². The van der Waals surface area contributed by atoms with Gasteiger partial charge in [-0.25, -0.2) is 0 Å². The van der Waals surface area contributed by atoms with Crippen LogP contribution in [0.2, 0.25) is 0 Å². The highest BCUT2D eigenvalue weighted by molar-refractivity contribution is 9.10. The molecule has 0 aliphatic carbocycles. The van der Waals surface area contributed by atoms with E-state index < -0.39 is 0 Å². The number of amides is 1. The van der Waals surface area contributed by atoms with Crippen molar-refractivity contribution in [2.24, 2.45) is 7.05 Å². The van der Waals surface area contributed by atoms with E-state index in [-0.39, 0.29) is 11.9 Å². The second-order valence-electron chi connectivity index (χ2n) is 5.00. The highest BCUT2D eigenvalue weighted by Gasteiger charge is 2.14. The molecule has 5 heteroatoms. The Morgan fingerprint density at radius 2 is 2.05 bits per heavy atom. The molecule has 0 spiro atoms. The van der Waals surface area contributed by atoms with Gasteiger partial charge in [-0.15, -0.1) is 0 Å². The lowest BCUT2D eigenvalue weighted by Crippen LogP contribution is -2.35. The Kier molecular flexibility index (Phi) is 4.60. The summed E-state index contributed by atoms with van der Waals surface area (Å²) in [6.07, 6.45) is 0.801. The van der Waals surface area contributed by atoms with Gasteiger partial charge in [0.25, 0.3) is 5.91 Å². The van der Waals surface area contributed by atoms with E-state index >= 15 is 0 Å². The quantitative estimate of drug-likeness (QED) is 0.933. The van der Waals surface area contributed by atoms with Crippen molar-refractivity contribution in [3.63, 3.8) is 0 Å². The Labute approximate surface area is 127 Å². The number of rotatable bonds is 4. The van der Waals surface area contributed by atoms with E-state index in [1.165, 1.54) is 5.56 Å². The van der Waals surface area contributed by atoms with Crippen LogP contribution in [0.25, 0.3) is 0 Å². The molecule has 0 aliphatic rings. The molecular weight excluding hydrogens is 318 g/mol. The zero-order valence-corrected chi connectivity index (χ0v) is 13.4. The minimum absolute atomic E-state index is 0.0684. The van der Waals surface area contributed by atoms with Crippen molar-refractivity contribution in [1.29, 1.82) is 0 Å². The van der Waals surface area contributed by atoms with Crippen LogP contribution in [0.3, 0.4) is 0 Å². The number of hydrogen-bond acceptors (Lipinski definition) is 2. The smallest absolute Gasteiger partial charge is 0.269 e. The van der Waals surface area contributed by atoms with Crippen LogP contribution in [0, 0.1) is 6.92 Å². The third-order valence-corrected chi connectivity index (χ3v) is 3.60. The van der Waals surface area contributed by atoms with E-state index in [0.717, 1.165) is 16.6 Å². The molecule has 0 bridgehead atoms. The van der Waals surface area contributed by atoms with Crippen LogP contribution >= 0.6 is 15.9 Å². The van der Waals surface area contributed by atoms with Crippen molar-refractivity contribution in [3.8, 4) is 0 Å². The normalized spacial score (nSPS) is 12.2. The number of carbonyl (C=O) groups excluding carboxylic acids is 1. The average molecular weight is 336 g/mol. The van der Waals surface area contributed by atoms with Crippen molar-refractivity contribution in [3.05, 3.63) is 51.8 Å². The van der Waals surface area contributed by atoms with E-state index in [0.29, 0.717) is 5.69 Å². The highest BCUT2D eigenvalue weighted by atomic mass is 79.9. The largest absolute Gasteiger partial charge is 0.348 e. The fourth-order valence-corrected chi connectivity index (χ4v) is 2.41. The van der Waals surface area contributed by atoms with Gasteiger partial charge < -0.3 is 5.32 Å². The first kappa shape index (κ1) is 14.8. The minimum atomic E-state index is -0.0855. The predicted octanol–water partition coefficient (Wildman–Crippen LogP) is 2.85. The molecule has 1 atom stereocenters. The summed E-state index contributed by atoms with van der Waals surface area (Å²) in [4.78, 5) is 12.2. The molecule has 2 aromatic rings. The average Bonchev–Trinajstić information content (AvgIpc) is 2.71. The summed E-state index contributed by atoms with van der Waals surface area (Å²) < 4.78 is 2.67. The molecule has 1 N–H and O–H groups in total. The molecule has 0 unspecified atom stereocenters. The van der Waals surface area contributed by atoms with Crippen molar-refractivity contribution in [2.45, 2.75) is 26.3 Å². The minimum Gasteiger partial charge on any atom is -0.348 e. The van der Waals surface area contributed by atoms with Crippen LogP contribution in [0.5, 0.6) is 0 Å². The van der Waals surface area contributed by atoms with Gasteiger partial charge in [-0.2, -0.15) is 5.10 Å². The summed E-state index contributed by atoms with van der Waals surface area (Å²) in [6.45, 7) is 3.88. The third-order valence-electron chi connectivity index (χ3n) is 3.07. The van der Waals surface area contributed by atoms with Gasteiger partial charge in [0.15, 0.2) is 0 Å². The fourth-order valence-electron chi connectivity index (χ4n) is 2.15. The van der Waals surface area contributed by atoms with Gasteiger partial charge in [0.05, 0.1) is 5.69 Å². The SMILES string of the molecule is Cc1cc(C(=O)N[C@@H](C)Cc2ccc(Br)cc2)n(C)n1. The van der Waals surface area contributed by atoms with E-state index in [4.69, 9.17) is 0 Å². The molecular formula is C15H18BrN3O. The van der Waals surface area contributed by atoms with Crippen molar-refractivity contribution in [2.75, 3.05) is 0 Å². The number of carbonyl (C=O) groups is 1. The zero-order chi connectivity index (χ0) is 14.7. The van der Waals surface area contributed by atoms with Gasteiger partial charge in [-0.3, -0.25) is 9.48 Å². The first-order valence-electron chi connectivity index (χ1n) is 6.51. The fraction of sp³-hybridized carbons (Fsp3) is 0.333. The highest BCUT2D eigenvalue weighted by Crippen LogP contribution is 2.12. The van der Waals surface area contributed by atoms with E-state index in [9.17, 15) is 4.79 Å². The van der Waals surface area contributed by atoms with E-state index in [1.807, 2.05) is 26.0 Å². The first-order chi connectivity index (χ1) is 9.45. The van der Waals surface area contributed by atoms with Crippen LogP contribution in [0.4, 0.5) is 0 Å². The van der Waals surface area contributed by atoms with Crippen molar-refractivity contribution < 1.29 is 4.79 Å².